The highest BCUT2D eigenvalue weighted by Gasteiger charge is 2.11. The molecule has 7 N–H and O–H groups in total. The SMILES string of the molecule is CCC(=O)N[C@H](CC=O)CC(C)C.CCSC.COC(=O)CCN.Cc1ccccc1.NC=O.NC=O. The highest BCUT2D eigenvalue weighted by atomic mass is 32.2. The molecule has 1 aromatic rings. The number of hydrogen-bond acceptors (Lipinski definition) is 8. The molecule has 0 fully saturated rings. The van der Waals surface area contributed by atoms with E-state index in [0.717, 1.165) is 12.7 Å². The molecule has 0 unspecified atom stereocenters. The van der Waals surface area contributed by atoms with Crippen molar-refractivity contribution in [2.75, 3.05) is 25.7 Å². The summed E-state index contributed by atoms with van der Waals surface area (Å²) in [5, 5.41) is 2.83. The quantitative estimate of drug-likeness (QED) is 0.269. The number of carbonyl (C=O) groups excluding carboxylic acids is 5. The number of esters is 1. The van der Waals surface area contributed by atoms with E-state index in [1.807, 2.05) is 36.9 Å². The van der Waals surface area contributed by atoms with Gasteiger partial charge in [-0.25, -0.2) is 0 Å². The summed E-state index contributed by atoms with van der Waals surface area (Å²) in [5.41, 5.74) is 14.7. The topological polar surface area (TPSA) is 185 Å². The normalized spacial score (nSPS) is 9.11. The number of nitrogens with one attached hydrogen (secondary N) is 1. The number of nitrogens with two attached hydrogens (primary N) is 3. The van der Waals surface area contributed by atoms with Gasteiger partial charge in [0.25, 0.3) is 0 Å². The van der Waals surface area contributed by atoms with Crippen LogP contribution in [0.3, 0.4) is 0 Å². The highest BCUT2D eigenvalue weighted by Crippen LogP contribution is 2.06. The molecule has 0 heterocycles. The summed E-state index contributed by atoms with van der Waals surface area (Å²) in [5.74, 6) is 1.51. The van der Waals surface area contributed by atoms with Gasteiger partial charge in [0.1, 0.15) is 6.29 Å². The number of rotatable bonds is 9. The monoisotopic (exact) mass is 546 g/mol. The van der Waals surface area contributed by atoms with E-state index >= 15 is 0 Å². The van der Waals surface area contributed by atoms with Gasteiger partial charge in [-0.15, -0.1) is 0 Å². The standard InChI is InChI=1S/C10H19NO2.C7H8.C4H9NO2.C3H8S.2CH3NO/c1-4-10(13)11-9(5-6-12)7-8(2)3;1-7-5-3-2-4-6-7;1-7-4(6)2-3-5;1-3-4-2;2*2-1-3/h6,8-9H,4-5,7H2,1-3H3,(H,11,13);2-6H,1H3;2-3,5H2,1H3;3H2,1-2H3;2*1H,(H2,2,3)/t9-;;;;;/m1...../s1. The molecule has 1 aromatic carbocycles. The first kappa shape index (κ1) is 44.1. The third-order valence-corrected chi connectivity index (χ3v) is 4.21. The maximum absolute atomic E-state index is 11.1. The molecule has 11 heteroatoms. The Morgan fingerprint density at radius 2 is 1.51 bits per heavy atom. The Kier molecular flexibility index (Phi) is 48.0. The Labute approximate surface area is 227 Å². The minimum Gasteiger partial charge on any atom is -0.469 e. The van der Waals surface area contributed by atoms with Gasteiger partial charge in [-0.2, -0.15) is 11.8 Å². The summed E-state index contributed by atoms with van der Waals surface area (Å²) in [4.78, 5) is 48.6. The number of aldehydes is 1. The number of aryl methyl sites for hydroxylation is 1. The summed E-state index contributed by atoms with van der Waals surface area (Å²) in [6.07, 6.45) is 5.54. The number of carbonyl (C=O) groups is 5. The fraction of sp³-hybridized carbons (Fsp3) is 0.577. The number of amides is 3. The van der Waals surface area contributed by atoms with Gasteiger partial charge < -0.3 is 32.0 Å². The number of thioether (sulfide) groups is 1. The fourth-order valence-electron chi connectivity index (χ4n) is 1.98. The Morgan fingerprint density at radius 1 is 1.05 bits per heavy atom. The number of primary amides is 2. The van der Waals surface area contributed by atoms with E-state index in [2.05, 4.69) is 67.6 Å². The lowest BCUT2D eigenvalue weighted by Crippen LogP contribution is -2.35. The van der Waals surface area contributed by atoms with Crippen molar-refractivity contribution in [2.45, 2.75) is 66.3 Å². The van der Waals surface area contributed by atoms with Gasteiger partial charge in [-0.1, -0.05) is 63.6 Å². The first-order chi connectivity index (χ1) is 17.5. The zero-order valence-electron chi connectivity index (χ0n) is 23.6. The van der Waals surface area contributed by atoms with E-state index in [-0.39, 0.29) is 30.7 Å². The summed E-state index contributed by atoms with van der Waals surface area (Å²) < 4.78 is 4.27. The van der Waals surface area contributed by atoms with Crippen LogP contribution in [0, 0.1) is 12.8 Å². The lowest BCUT2D eigenvalue weighted by molar-refractivity contribution is -0.140. The molecule has 0 aliphatic carbocycles. The Hall–Kier alpha value is -2.92. The summed E-state index contributed by atoms with van der Waals surface area (Å²) in [7, 11) is 1.35. The van der Waals surface area contributed by atoms with E-state index in [4.69, 9.17) is 15.3 Å². The molecule has 0 saturated heterocycles. The second-order valence-electron chi connectivity index (χ2n) is 7.27. The van der Waals surface area contributed by atoms with Crippen LogP contribution >= 0.6 is 11.8 Å². The van der Waals surface area contributed by atoms with E-state index < -0.39 is 0 Å². The summed E-state index contributed by atoms with van der Waals surface area (Å²) >= 11 is 1.86. The molecule has 3 amide bonds. The maximum atomic E-state index is 11.1. The molecule has 0 saturated carbocycles. The minimum atomic E-state index is -0.248. The summed E-state index contributed by atoms with van der Waals surface area (Å²) in [6.45, 7) is 10.6. The molecule has 10 nitrogen and oxygen atoms in total. The molecule has 216 valence electrons. The smallest absolute Gasteiger partial charge is 0.306 e. The van der Waals surface area contributed by atoms with Crippen molar-refractivity contribution in [3.8, 4) is 0 Å². The van der Waals surface area contributed by atoms with Crippen LogP contribution in [0.15, 0.2) is 30.3 Å². The van der Waals surface area contributed by atoms with Crippen molar-refractivity contribution < 1.29 is 28.7 Å². The van der Waals surface area contributed by atoms with Crippen LogP contribution in [0.2, 0.25) is 0 Å². The van der Waals surface area contributed by atoms with Crippen LogP contribution in [0.1, 0.15) is 58.9 Å². The van der Waals surface area contributed by atoms with Crippen molar-refractivity contribution >= 4 is 42.7 Å². The van der Waals surface area contributed by atoms with Crippen LogP contribution < -0.4 is 22.5 Å². The van der Waals surface area contributed by atoms with Gasteiger partial charge in [0, 0.05) is 25.4 Å². The number of hydrogen-bond donors (Lipinski definition) is 4. The first-order valence-corrected chi connectivity index (χ1v) is 13.3. The third-order valence-electron chi connectivity index (χ3n) is 3.63. The molecule has 0 aromatic heterocycles. The van der Waals surface area contributed by atoms with Crippen molar-refractivity contribution in [1.82, 2.24) is 5.32 Å². The maximum Gasteiger partial charge on any atom is 0.306 e. The van der Waals surface area contributed by atoms with Gasteiger partial charge >= 0.3 is 5.97 Å². The molecular formula is C26H50N4O6S. The molecule has 0 aliphatic rings. The molecule has 0 radical (unpaired) electrons. The van der Waals surface area contributed by atoms with Gasteiger partial charge in [0.05, 0.1) is 13.5 Å². The Bertz CT molecular complexity index is 627. The van der Waals surface area contributed by atoms with Crippen molar-refractivity contribution in [2.24, 2.45) is 23.1 Å². The zero-order valence-corrected chi connectivity index (χ0v) is 24.4. The largest absolute Gasteiger partial charge is 0.469 e. The van der Waals surface area contributed by atoms with Crippen LogP contribution in [-0.2, 0) is 28.7 Å². The molecule has 37 heavy (non-hydrogen) atoms. The lowest BCUT2D eigenvalue weighted by atomic mass is 10.0. The van der Waals surface area contributed by atoms with E-state index in [1.165, 1.54) is 18.4 Å². The Balaban J connectivity index is -0.000000122. The number of benzene rings is 1. The zero-order chi connectivity index (χ0) is 29.9. The second-order valence-corrected chi connectivity index (χ2v) is 8.42. The molecule has 0 spiro atoms. The van der Waals surface area contributed by atoms with Crippen molar-refractivity contribution in [3.05, 3.63) is 35.9 Å². The lowest BCUT2D eigenvalue weighted by Gasteiger charge is -2.17. The van der Waals surface area contributed by atoms with Crippen LogP contribution in [0.5, 0.6) is 0 Å². The van der Waals surface area contributed by atoms with E-state index in [9.17, 15) is 14.4 Å². The van der Waals surface area contributed by atoms with E-state index in [0.29, 0.717) is 31.7 Å². The minimum absolute atomic E-state index is 0.0185. The van der Waals surface area contributed by atoms with E-state index in [1.54, 1.807) is 0 Å². The third kappa shape index (κ3) is 55.1. The number of methoxy groups -OCH3 is 1. The predicted molar refractivity (Wildman–Crippen MR) is 154 cm³/mol. The average Bonchev–Trinajstić information content (AvgIpc) is 2.86. The highest BCUT2D eigenvalue weighted by molar-refractivity contribution is 7.98. The molecule has 1 rings (SSSR count). The van der Waals surface area contributed by atoms with Crippen LogP contribution in [0.25, 0.3) is 0 Å². The molecule has 1 atom stereocenters. The second kappa shape index (κ2) is 40.3. The molecule has 0 bridgehead atoms. The molecule has 0 aliphatic heterocycles. The van der Waals surface area contributed by atoms with Gasteiger partial charge in [0.15, 0.2) is 0 Å². The van der Waals surface area contributed by atoms with Crippen LogP contribution in [-0.4, -0.2) is 62.7 Å². The van der Waals surface area contributed by atoms with Crippen LogP contribution in [0.4, 0.5) is 0 Å². The predicted octanol–water partition coefficient (Wildman–Crippen LogP) is 2.59. The van der Waals surface area contributed by atoms with Gasteiger partial charge in [0.2, 0.25) is 18.7 Å². The Morgan fingerprint density at radius 3 is 1.73 bits per heavy atom. The molecular weight excluding hydrogens is 496 g/mol. The van der Waals surface area contributed by atoms with Gasteiger partial charge in [-0.3, -0.25) is 19.2 Å². The van der Waals surface area contributed by atoms with Crippen molar-refractivity contribution in [3.63, 3.8) is 0 Å². The summed E-state index contributed by atoms with van der Waals surface area (Å²) in [6, 6.07) is 10.3. The average molecular weight is 547 g/mol. The fourth-order valence-corrected chi connectivity index (χ4v) is 1.98. The van der Waals surface area contributed by atoms with Crippen molar-refractivity contribution in [1.29, 1.82) is 0 Å². The van der Waals surface area contributed by atoms with Gasteiger partial charge in [-0.05, 0) is 31.3 Å². The first-order valence-electron chi connectivity index (χ1n) is 11.9. The number of ether oxygens (including phenoxy) is 1.